The van der Waals surface area contributed by atoms with Gasteiger partial charge >= 0.3 is 0 Å². The van der Waals surface area contributed by atoms with Crippen LogP contribution in [0.2, 0.25) is 5.02 Å². The van der Waals surface area contributed by atoms with Gasteiger partial charge < -0.3 is 10.2 Å². The van der Waals surface area contributed by atoms with Crippen LogP contribution in [-0.4, -0.2) is 11.8 Å². The zero-order valence-corrected chi connectivity index (χ0v) is 20.2. The van der Waals surface area contributed by atoms with Gasteiger partial charge in [-0.1, -0.05) is 60.1 Å². The van der Waals surface area contributed by atoms with E-state index >= 15 is 0 Å². The van der Waals surface area contributed by atoms with Gasteiger partial charge in [0.2, 0.25) is 5.91 Å². The Morgan fingerprint density at radius 2 is 1.57 bits per heavy atom. The summed E-state index contributed by atoms with van der Waals surface area (Å²) in [6, 6.07) is 28.8. The van der Waals surface area contributed by atoms with Crippen molar-refractivity contribution in [3.05, 3.63) is 129 Å². The maximum Gasteiger partial charge on any atom is 0.258 e. The molecule has 0 bridgehead atoms. The summed E-state index contributed by atoms with van der Waals surface area (Å²) in [6.07, 6.45) is 1.03. The minimum Gasteiger partial charge on any atom is -0.326 e. The number of aryl methyl sites for hydroxylation is 1. The third-order valence-electron chi connectivity index (χ3n) is 6.43. The molecule has 0 aromatic heterocycles. The van der Waals surface area contributed by atoms with E-state index in [0.717, 1.165) is 34.4 Å². The van der Waals surface area contributed by atoms with Gasteiger partial charge in [0.15, 0.2) is 0 Å². The van der Waals surface area contributed by atoms with Gasteiger partial charge in [0, 0.05) is 22.0 Å². The highest BCUT2D eigenvalue weighted by molar-refractivity contribution is 6.30. The number of amides is 2. The van der Waals surface area contributed by atoms with Gasteiger partial charge in [-0.25, -0.2) is 0 Å². The molecule has 5 heteroatoms. The molecule has 35 heavy (non-hydrogen) atoms. The molecule has 174 valence electrons. The van der Waals surface area contributed by atoms with E-state index in [4.69, 9.17) is 11.6 Å². The second kappa shape index (κ2) is 9.77. The molecule has 0 aliphatic carbocycles. The van der Waals surface area contributed by atoms with Crippen molar-refractivity contribution in [1.82, 2.24) is 0 Å². The number of carbonyl (C=O) groups is 2. The highest BCUT2D eigenvalue weighted by Gasteiger charge is 2.25. The molecule has 0 atom stereocenters. The zero-order valence-electron chi connectivity index (χ0n) is 19.4. The molecular weight excluding hydrogens is 456 g/mol. The van der Waals surface area contributed by atoms with Crippen LogP contribution in [0, 0.1) is 6.92 Å². The Morgan fingerprint density at radius 3 is 2.34 bits per heavy atom. The van der Waals surface area contributed by atoms with Crippen LogP contribution in [0.5, 0.6) is 0 Å². The van der Waals surface area contributed by atoms with Crippen LogP contribution >= 0.6 is 11.6 Å². The van der Waals surface area contributed by atoms with Crippen LogP contribution < -0.4 is 10.2 Å². The third-order valence-corrected chi connectivity index (χ3v) is 6.67. The van der Waals surface area contributed by atoms with E-state index in [2.05, 4.69) is 17.4 Å². The smallest absolute Gasteiger partial charge is 0.258 e. The normalized spacial score (nSPS) is 12.3. The second-order valence-corrected chi connectivity index (χ2v) is 9.28. The zero-order chi connectivity index (χ0) is 24.4. The van der Waals surface area contributed by atoms with E-state index in [9.17, 15) is 9.59 Å². The first kappa shape index (κ1) is 22.9. The van der Waals surface area contributed by atoms with Crippen molar-refractivity contribution < 1.29 is 9.59 Å². The minimum absolute atomic E-state index is 0.0895. The fourth-order valence-electron chi connectivity index (χ4n) is 4.52. The average molecular weight is 481 g/mol. The molecule has 1 N–H and O–H groups in total. The number of hydrogen-bond donors (Lipinski definition) is 1. The predicted molar refractivity (Wildman–Crippen MR) is 141 cm³/mol. The Kier molecular flexibility index (Phi) is 6.39. The quantitative estimate of drug-likeness (QED) is 0.358. The Morgan fingerprint density at radius 1 is 0.857 bits per heavy atom. The highest BCUT2D eigenvalue weighted by atomic mass is 35.5. The van der Waals surface area contributed by atoms with Gasteiger partial charge in [0.05, 0.1) is 13.0 Å². The number of nitrogens with one attached hydrogen (secondary N) is 1. The molecule has 0 saturated heterocycles. The van der Waals surface area contributed by atoms with Crippen molar-refractivity contribution in [3.8, 4) is 0 Å². The van der Waals surface area contributed by atoms with Crippen molar-refractivity contribution in [2.24, 2.45) is 0 Å². The number of hydrogen-bond acceptors (Lipinski definition) is 2. The van der Waals surface area contributed by atoms with Crippen LogP contribution in [0.15, 0.2) is 91.0 Å². The third kappa shape index (κ3) is 4.98. The molecule has 1 aliphatic rings. The Balaban J connectivity index is 1.36. The fraction of sp³-hybridized carbons (Fsp3) is 0.133. The van der Waals surface area contributed by atoms with Crippen LogP contribution in [0.4, 0.5) is 11.4 Å². The molecule has 2 amide bonds. The first-order valence-corrected chi connectivity index (χ1v) is 12.0. The molecule has 0 saturated carbocycles. The number of fused-ring (bicyclic) bond motifs is 2. The summed E-state index contributed by atoms with van der Waals surface area (Å²) < 4.78 is 0. The Hall–Kier alpha value is -3.89. The van der Waals surface area contributed by atoms with E-state index in [1.807, 2.05) is 66.4 Å². The lowest BCUT2D eigenvalue weighted by Gasteiger charge is -2.24. The lowest BCUT2D eigenvalue weighted by atomic mass is 10.0. The first-order valence-electron chi connectivity index (χ1n) is 11.6. The van der Waals surface area contributed by atoms with E-state index < -0.39 is 0 Å². The Bertz CT molecular complexity index is 1410. The van der Waals surface area contributed by atoms with Crippen LogP contribution in [0.1, 0.15) is 38.2 Å². The predicted octanol–water partition coefficient (Wildman–Crippen LogP) is 6.58. The van der Waals surface area contributed by atoms with E-state index in [1.54, 1.807) is 24.3 Å². The second-order valence-electron chi connectivity index (χ2n) is 8.84. The highest BCUT2D eigenvalue weighted by Crippen LogP contribution is 2.33. The summed E-state index contributed by atoms with van der Waals surface area (Å²) in [5.41, 5.74) is 7.50. The van der Waals surface area contributed by atoms with Crippen molar-refractivity contribution in [2.45, 2.75) is 26.3 Å². The molecule has 4 nitrogen and oxygen atoms in total. The van der Waals surface area contributed by atoms with Gasteiger partial charge in [0.1, 0.15) is 0 Å². The number of nitrogens with zero attached hydrogens (tertiary/aromatic N) is 1. The van der Waals surface area contributed by atoms with Gasteiger partial charge in [-0.3, -0.25) is 9.59 Å². The van der Waals surface area contributed by atoms with E-state index in [0.29, 0.717) is 29.2 Å². The van der Waals surface area contributed by atoms with Crippen molar-refractivity contribution in [2.75, 3.05) is 10.2 Å². The molecule has 4 aromatic carbocycles. The molecule has 0 fully saturated rings. The van der Waals surface area contributed by atoms with Crippen molar-refractivity contribution in [3.63, 3.8) is 0 Å². The van der Waals surface area contributed by atoms with Crippen LogP contribution in [-0.2, 0) is 24.2 Å². The first-order chi connectivity index (χ1) is 17.0. The lowest BCUT2D eigenvalue weighted by molar-refractivity contribution is -0.115. The summed E-state index contributed by atoms with van der Waals surface area (Å²) in [7, 11) is 0. The molecule has 5 rings (SSSR count). The number of carbonyl (C=O) groups excluding carboxylic acids is 2. The topological polar surface area (TPSA) is 49.4 Å². The fourth-order valence-corrected chi connectivity index (χ4v) is 4.72. The molecule has 0 radical (unpaired) electrons. The molecule has 0 spiro atoms. The standard InChI is InChI=1S/C30H25ClN2O2/c1-20-6-2-3-7-22(20)18-29(34)32-27-13-10-21(11-14-27)30(35)33-19-24-9-5-4-8-23(24)16-25-17-26(31)12-15-28(25)33/h2-15,17H,16,18-19H2,1H3,(H,32,34). The van der Waals surface area contributed by atoms with E-state index in [1.165, 1.54) is 5.56 Å². The van der Waals surface area contributed by atoms with E-state index in [-0.39, 0.29) is 11.8 Å². The maximum atomic E-state index is 13.6. The largest absolute Gasteiger partial charge is 0.326 e. The summed E-state index contributed by atoms with van der Waals surface area (Å²) in [6.45, 7) is 2.48. The number of halogens is 1. The molecular formula is C30H25ClN2O2. The molecule has 4 aromatic rings. The van der Waals surface area contributed by atoms with Crippen LogP contribution in [0.25, 0.3) is 0 Å². The monoisotopic (exact) mass is 480 g/mol. The van der Waals surface area contributed by atoms with Gasteiger partial charge in [0.25, 0.3) is 5.91 Å². The minimum atomic E-state index is -0.0944. The number of rotatable bonds is 4. The molecule has 0 unspecified atom stereocenters. The van der Waals surface area contributed by atoms with Crippen molar-refractivity contribution >= 4 is 34.8 Å². The van der Waals surface area contributed by atoms with Gasteiger partial charge in [-0.2, -0.15) is 0 Å². The SMILES string of the molecule is Cc1ccccc1CC(=O)Nc1ccc(C(=O)N2Cc3ccccc3Cc3cc(Cl)ccc32)cc1. The molecule has 1 heterocycles. The van der Waals surface area contributed by atoms with Crippen LogP contribution in [0.3, 0.4) is 0 Å². The number of benzene rings is 4. The summed E-state index contributed by atoms with van der Waals surface area (Å²) in [5.74, 6) is -0.184. The van der Waals surface area contributed by atoms with Gasteiger partial charge in [-0.05, 0) is 83.6 Å². The van der Waals surface area contributed by atoms with Gasteiger partial charge in [-0.15, -0.1) is 0 Å². The average Bonchev–Trinajstić information content (AvgIpc) is 3.01. The maximum absolute atomic E-state index is 13.6. The summed E-state index contributed by atoms with van der Waals surface area (Å²) in [4.78, 5) is 28.0. The lowest BCUT2D eigenvalue weighted by Crippen LogP contribution is -2.30. The Labute approximate surface area is 210 Å². The number of anilines is 2. The van der Waals surface area contributed by atoms with Crippen molar-refractivity contribution in [1.29, 1.82) is 0 Å². The molecule has 1 aliphatic heterocycles. The summed E-state index contributed by atoms with van der Waals surface area (Å²) in [5, 5.41) is 3.58. The summed E-state index contributed by atoms with van der Waals surface area (Å²) >= 11 is 6.28.